The molecule has 0 aromatic heterocycles. The Balaban J connectivity index is 4.50. The van der Waals surface area contributed by atoms with Crippen molar-refractivity contribution in [2.45, 2.75) is 39.3 Å². The zero-order chi connectivity index (χ0) is 14.3. The molecule has 0 radical (unpaired) electrons. The third-order valence-corrected chi connectivity index (χ3v) is 2.70. The lowest BCUT2D eigenvalue weighted by atomic mass is 10.2. The SMILES string of the molecule is CCC(C)N(CC(=O)O)C(=O)NC(C)CN(C)C. The number of carboxylic acid groups (broad SMARTS) is 1. The van der Waals surface area contributed by atoms with Crippen molar-refractivity contribution in [2.75, 3.05) is 27.2 Å². The van der Waals surface area contributed by atoms with Gasteiger partial charge in [0.1, 0.15) is 6.54 Å². The average molecular weight is 259 g/mol. The summed E-state index contributed by atoms with van der Waals surface area (Å²) < 4.78 is 0. The number of hydrogen-bond donors (Lipinski definition) is 2. The molecule has 2 unspecified atom stereocenters. The van der Waals surface area contributed by atoms with Gasteiger partial charge in [0.25, 0.3) is 0 Å². The van der Waals surface area contributed by atoms with E-state index in [1.807, 2.05) is 39.8 Å². The fraction of sp³-hybridized carbons (Fsp3) is 0.833. The number of urea groups is 1. The topological polar surface area (TPSA) is 72.9 Å². The molecule has 6 heteroatoms. The number of rotatable bonds is 7. The maximum absolute atomic E-state index is 12.0. The minimum absolute atomic E-state index is 0.0205. The zero-order valence-corrected chi connectivity index (χ0v) is 11.9. The van der Waals surface area contributed by atoms with Gasteiger partial charge in [0.05, 0.1) is 0 Å². The summed E-state index contributed by atoms with van der Waals surface area (Å²) in [5.74, 6) is -0.995. The summed E-state index contributed by atoms with van der Waals surface area (Å²) in [7, 11) is 3.85. The highest BCUT2D eigenvalue weighted by molar-refractivity contribution is 5.80. The van der Waals surface area contributed by atoms with E-state index in [0.29, 0.717) is 6.54 Å². The van der Waals surface area contributed by atoms with Crippen molar-refractivity contribution >= 4 is 12.0 Å². The van der Waals surface area contributed by atoms with Crippen LogP contribution >= 0.6 is 0 Å². The van der Waals surface area contributed by atoms with Crippen LogP contribution in [0.25, 0.3) is 0 Å². The van der Waals surface area contributed by atoms with E-state index in [9.17, 15) is 9.59 Å². The van der Waals surface area contributed by atoms with Crippen LogP contribution in [0, 0.1) is 0 Å². The number of carbonyl (C=O) groups excluding carboxylic acids is 1. The predicted molar refractivity (Wildman–Crippen MR) is 70.6 cm³/mol. The second-order valence-electron chi connectivity index (χ2n) is 4.89. The predicted octanol–water partition coefficient (Wildman–Crippen LogP) is 0.831. The van der Waals surface area contributed by atoms with Gasteiger partial charge in [0.15, 0.2) is 0 Å². The molecule has 106 valence electrons. The molecular formula is C12H25N3O3. The molecule has 0 aliphatic heterocycles. The summed E-state index contributed by atoms with van der Waals surface area (Å²) in [5.41, 5.74) is 0. The standard InChI is InChI=1S/C12H25N3O3/c1-6-10(3)15(8-11(16)17)12(18)13-9(2)7-14(4)5/h9-10H,6-8H2,1-5H3,(H,13,18)(H,16,17). The Labute approximate surface area is 109 Å². The highest BCUT2D eigenvalue weighted by Gasteiger charge is 2.22. The van der Waals surface area contributed by atoms with Crippen LogP contribution in [-0.2, 0) is 4.79 Å². The van der Waals surface area contributed by atoms with Crippen molar-refractivity contribution in [1.29, 1.82) is 0 Å². The number of likely N-dealkylation sites (N-methyl/N-ethyl adjacent to an activating group) is 1. The number of hydrogen-bond acceptors (Lipinski definition) is 3. The molecule has 0 fully saturated rings. The maximum atomic E-state index is 12.0. The summed E-state index contributed by atoms with van der Waals surface area (Å²) in [5, 5.41) is 11.6. The van der Waals surface area contributed by atoms with Crippen LogP contribution in [0.15, 0.2) is 0 Å². The number of aliphatic carboxylic acids is 1. The number of carboxylic acids is 1. The van der Waals surface area contributed by atoms with E-state index < -0.39 is 5.97 Å². The quantitative estimate of drug-likeness (QED) is 0.710. The van der Waals surface area contributed by atoms with Crippen LogP contribution in [0.4, 0.5) is 4.79 Å². The van der Waals surface area contributed by atoms with Crippen molar-refractivity contribution in [1.82, 2.24) is 15.1 Å². The third kappa shape index (κ3) is 6.44. The second-order valence-corrected chi connectivity index (χ2v) is 4.89. The Morgan fingerprint density at radius 3 is 2.22 bits per heavy atom. The summed E-state index contributed by atoms with van der Waals surface area (Å²) in [6.07, 6.45) is 0.725. The van der Waals surface area contributed by atoms with Gasteiger partial charge >= 0.3 is 12.0 Å². The van der Waals surface area contributed by atoms with Crippen molar-refractivity contribution in [3.05, 3.63) is 0 Å². The van der Waals surface area contributed by atoms with Crippen LogP contribution in [0.5, 0.6) is 0 Å². The minimum Gasteiger partial charge on any atom is -0.480 e. The maximum Gasteiger partial charge on any atom is 0.323 e. The van der Waals surface area contributed by atoms with Crippen molar-refractivity contribution in [3.8, 4) is 0 Å². The molecule has 0 bridgehead atoms. The second kappa shape index (κ2) is 7.92. The molecular weight excluding hydrogens is 234 g/mol. The van der Waals surface area contributed by atoms with Gasteiger partial charge in [-0.15, -0.1) is 0 Å². The number of amides is 2. The molecule has 0 aromatic rings. The van der Waals surface area contributed by atoms with E-state index >= 15 is 0 Å². The van der Waals surface area contributed by atoms with Gasteiger partial charge in [-0.3, -0.25) is 4.79 Å². The first-order valence-electron chi connectivity index (χ1n) is 6.21. The number of nitrogens with one attached hydrogen (secondary N) is 1. The molecule has 0 aliphatic rings. The van der Waals surface area contributed by atoms with E-state index in [2.05, 4.69) is 5.32 Å². The summed E-state index contributed by atoms with van der Waals surface area (Å²) >= 11 is 0. The Morgan fingerprint density at radius 2 is 1.83 bits per heavy atom. The fourth-order valence-corrected chi connectivity index (χ4v) is 1.68. The highest BCUT2D eigenvalue weighted by atomic mass is 16.4. The lowest BCUT2D eigenvalue weighted by Crippen LogP contribution is -2.51. The molecule has 0 heterocycles. The van der Waals surface area contributed by atoms with Gasteiger partial charge in [-0.2, -0.15) is 0 Å². The monoisotopic (exact) mass is 259 g/mol. The molecule has 0 aromatic carbocycles. The summed E-state index contributed by atoms with van der Waals surface area (Å²) in [4.78, 5) is 26.1. The van der Waals surface area contributed by atoms with E-state index in [-0.39, 0.29) is 24.7 Å². The van der Waals surface area contributed by atoms with E-state index in [1.54, 1.807) is 0 Å². The summed E-state index contributed by atoms with van der Waals surface area (Å²) in [6.45, 7) is 6.12. The molecule has 2 atom stereocenters. The van der Waals surface area contributed by atoms with Gasteiger partial charge in [0, 0.05) is 18.6 Å². The van der Waals surface area contributed by atoms with Gasteiger partial charge in [-0.1, -0.05) is 6.92 Å². The Kier molecular flexibility index (Phi) is 7.35. The normalized spacial score (nSPS) is 14.1. The lowest BCUT2D eigenvalue weighted by Gasteiger charge is -2.29. The van der Waals surface area contributed by atoms with Crippen LogP contribution in [0.2, 0.25) is 0 Å². The molecule has 0 rings (SSSR count). The lowest BCUT2D eigenvalue weighted by molar-refractivity contribution is -0.138. The van der Waals surface area contributed by atoms with E-state index in [1.165, 1.54) is 4.90 Å². The van der Waals surface area contributed by atoms with Gasteiger partial charge in [-0.05, 0) is 34.4 Å². The van der Waals surface area contributed by atoms with Crippen LogP contribution in [0.3, 0.4) is 0 Å². The molecule has 6 nitrogen and oxygen atoms in total. The molecule has 18 heavy (non-hydrogen) atoms. The third-order valence-electron chi connectivity index (χ3n) is 2.70. The molecule has 0 spiro atoms. The molecule has 2 N–H and O–H groups in total. The molecule has 2 amide bonds. The van der Waals surface area contributed by atoms with Crippen LogP contribution in [-0.4, -0.2) is 66.2 Å². The molecule has 0 saturated heterocycles. The Morgan fingerprint density at radius 1 is 1.28 bits per heavy atom. The van der Waals surface area contributed by atoms with Crippen molar-refractivity contribution < 1.29 is 14.7 Å². The van der Waals surface area contributed by atoms with E-state index in [4.69, 9.17) is 5.11 Å². The minimum atomic E-state index is -0.995. The first-order valence-corrected chi connectivity index (χ1v) is 6.21. The zero-order valence-electron chi connectivity index (χ0n) is 11.9. The Bertz CT molecular complexity index is 282. The van der Waals surface area contributed by atoms with Gasteiger partial charge in [-0.25, -0.2) is 4.79 Å². The van der Waals surface area contributed by atoms with Gasteiger partial charge < -0.3 is 20.2 Å². The van der Waals surface area contributed by atoms with E-state index in [0.717, 1.165) is 6.42 Å². The Hall–Kier alpha value is -1.30. The number of nitrogens with zero attached hydrogens (tertiary/aromatic N) is 2. The first kappa shape index (κ1) is 16.7. The van der Waals surface area contributed by atoms with Crippen LogP contribution in [0.1, 0.15) is 27.2 Å². The fourth-order valence-electron chi connectivity index (χ4n) is 1.68. The molecule has 0 aliphatic carbocycles. The van der Waals surface area contributed by atoms with Crippen LogP contribution < -0.4 is 5.32 Å². The number of carbonyl (C=O) groups is 2. The van der Waals surface area contributed by atoms with Gasteiger partial charge in [0.2, 0.25) is 0 Å². The average Bonchev–Trinajstić information content (AvgIpc) is 2.23. The summed E-state index contributed by atoms with van der Waals surface area (Å²) in [6, 6.07) is -0.429. The smallest absolute Gasteiger partial charge is 0.323 e. The van der Waals surface area contributed by atoms with Crippen molar-refractivity contribution in [2.24, 2.45) is 0 Å². The van der Waals surface area contributed by atoms with Crippen molar-refractivity contribution in [3.63, 3.8) is 0 Å². The first-order chi connectivity index (χ1) is 8.27. The largest absolute Gasteiger partial charge is 0.480 e. The highest BCUT2D eigenvalue weighted by Crippen LogP contribution is 2.04. The molecule has 0 saturated carbocycles.